The van der Waals surface area contributed by atoms with E-state index >= 15 is 0 Å². The Hall–Kier alpha value is -0.866. The molecular formula is C16H34N8NiS2+2. The van der Waals surface area contributed by atoms with E-state index in [-0.39, 0.29) is 16.5 Å². The number of hydrogen-bond acceptors (Lipinski definition) is 6. The minimum atomic E-state index is 0. The molecule has 0 saturated carbocycles. The first-order chi connectivity index (χ1) is 11.8. The minimum absolute atomic E-state index is 0. The van der Waals surface area contributed by atoms with Gasteiger partial charge in [-0.1, -0.05) is 0 Å². The van der Waals surface area contributed by atoms with Crippen molar-refractivity contribution in [3.63, 3.8) is 0 Å². The number of nitrogens with one attached hydrogen (secondary N) is 2. The van der Waals surface area contributed by atoms with Crippen molar-refractivity contribution < 1.29 is 25.5 Å². The van der Waals surface area contributed by atoms with Gasteiger partial charge in [0.05, 0.1) is 79.9 Å². The Morgan fingerprint density at radius 3 is 1.22 bits per heavy atom. The third-order valence-electron chi connectivity index (χ3n) is 3.22. The van der Waals surface area contributed by atoms with Gasteiger partial charge in [0.15, 0.2) is 0 Å². The molecule has 0 saturated heterocycles. The van der Waals surface area contributed by atoms with E-state index in [1.54, 1.807) is 13.8 Å². The molecule has 0 aliphatic rings. The summed E-state index contributed by atoms with van der Waals surface area (Å²) in [5.74, 6) is 0. The van der Waals surface area contributed by atoms with Gasteiger partial charge in [0.1, 0.15) is 0 Å². The fraction of sp³-hybridized carbons (Fsp3) is 0.750. The van der Waals surface area contributed by atoms with Crippen LogP contribution in [0.1, 0.15) is 13.8 Å². The summed E-state index contributed by atoms with van der Waals surface area (Å²) < 4.78 is 1.71. The molecule has 0 radical (unpaired) electrons. The van der Waals surface area contributed by atoms with Gasteiger partial charge in [0.25, 0.3) is 0 Å². The maximum Gasteiger partial charge on any atom is 2.00 e. The molecule has 0 aromatic rings. The van der Waals surface area contributed by atoms with Gasteiger partial charge in [0, 0.05) is 0 Å². The van der Waals surface area contributed by atoms with Crippen LogP contribution in [0.25, 0.3) is 0 Å². The second kappa shape index (κ2) is 13.3. The Morgan fingerprint density at radius 2 is 0.963 bits per heavy atom. The van der Waals surface area contributed by atoms with E-state index in [1.807, 2.05) is 0 Å². The zero-order chi connectivity index (χ0) is 20.4. The monoisotopic (exact) mass is 460 g/mol. The van der Waals surface area contributed by atoms with Crippen molar-refractivity contribution in [3.05, 3.63) is 0 Å². The van der Waals surface area contributed by atoms with Crippen molar-refractivity contribution in [1.29, 1.82) is 0 Å². The topological polar surface area (TPSA) is 73.5 Å². The third-order valence-corrected chi connectivity index (χ3v) is 3.67. The first-order valence-electron chi connectivity index (χ1n) is 8.48. The van der Waals surface area contributed by atoms with Crippen LogP contribution in [0.4, 0.5) is 0 Å². The summed E-state index contributed by atoms with van der Waals surface area (Å²) in [4.78, 5) is 0. The number of hydrogen-bond donors (Lipinski definition) is 2. The van der Waals surface area contributed by atoms with E-state index in [4.69, 9.17) is 25.3 Å². The molecule has 158 valence electrons. The summed E-state index contributed by atoms with van der Waals surface area (Å²) in [6, 6.07) is 0. The van der Waals surface area contributed by atoms with Gasteiger partial charge in [-0.25, -0.2) is 0 Å². The average Bonchev–Trinajstić information content (AvgIpc) is 2.47. The molecule has 0 bridgehead atoms. The second-order valence-electron chi connectivity index (χ2n) is 8.06. The molecule has 0 aromatic carbocycles. The molecule has 0 unspecified atom stereocenters. The maximum atomic E-state index is 5.14. The van der Waals surface area contributed by atoms with Crippen LogP contribution in [0.15, 0.2) is 20.4 Å². The normalized spacial score (nSPS) is 14.7. The van der Waals surface area contributed by atoms with E-state index in [1.165, 1.54) is 0 Å². The van der Waals surface area contributed by atoms with Crippen molar-refractivity contribution in [3.8, 4) is 0 Å². The van der Waals surface area contributed by atoms with Crippen LogP contribution in [0.3, 0.4) is 0 Å². The summed E-state index contributed by atoms with van der Waals surface area (Å²) in [5, 5.41) is 23.0. The quantitative estimate of drug-likeness (QED) is 0.128. The van der Waals surface area contributed by atoms with Crippen molar-refractivity contribution in [2.45, 2.75) is 13.8 Å². The van der Waals surface area contributed by atoms with Crippen LogP contribution in [0.5, 0.6) is 0 Å². The van der Waals surface area contributed by atoms with E-state index in [0.29, 0.717) is 21.8 Å². The molecule has 27 heavy (non-hydrogen) atoms. The van der Waals surface area contributed by atoms with E-state index in [0.717, 1.165) is 35.1 Å². The summed E-state index contributed by atoms with van der Waals surface area (Å²) in [6.07, 6.45) is 0. The molecular weight excluding hydrogens is 427 g/mol. The third kappa shape index (κ3) is 18.3. The van der Waals surface area contributed by atoms with Crippen LogP contribution in [-0.2, 0) is 41.7 Å². The summed E-state index contributed by atoms with van der Waals surface area (Å²) >= 11 is 10.3. The van der Waals surface area contributed by atoms with Crippen LogP contribution in [0, 0.1) is 0 Å². The van der Waals surface area contributed by atoms with Gasteiger partial charge in [0.2, 0.25) is 0 Å². The van der Waals surface area contributed by atoms with Gasteiger partial charge >= 0.3 is 16.5 Å². The minimum Gasteiger partial charge on any atom is -0.741 e. The number of quaternary nitrogens is 2. The van der Waals surface area contributed by atoms with E-state index in [9.17, 15) is 0 Å². The SMILES string of the molecule is CC(=N\N=C(/[S-])NCC[N+](C)(C)C)/C(C)=N/N=C(\[S-])NCC[N+](C)(C)C.[Ni+2]. The van der Waals surface area contributed by atoms with E-state index in [2.05, 4.69) is 73.3 Å². The molecule has 8 nitrogen and oxygen atoms in total. The smallest absolute Gasteiger partial charge is 0.741 e. The largest absolute Gasteiger partial charge is 2.00 e. The number of likely N-dealkylation sites (N-methyl/N-ethyl adjacent to an activating group) is 2. The Labute approximate surface area is 185 Å². The standard InChI is InChI=1S/C16H34N8S2.Ni/c1-13(19-21-15(25)17-9-11-23(3,4)5)14(2)20-22-16(26)18-10-12-24(6,7)8;/h9-12H2,1-8H3,(H2-2,17,18,19,20,21,22,25,26);/q;+2. The van der Waals surface area contributed by atoms with Gasteiger partial charge in [-0.3, -0.25) is 0 Å². The summed E-state index contributed by atoms with van der Waals surface area (Å²) in [5.41, 5.74) is 1.28. The fourth-order valence-electron chi connectivity index (χ4n) is 1.45. The molecule has 11 heteroatoms. The maximum absolute atomic E-state index is 5.14. The number of nitrogens with zero attached hydrogens (tertiary/aromatic N) is 6. The first kappa shape index (κ1) is 28.3. The average molecular weight is 461 g/mol. The van der Waals surface area contributed by atoms with Crippen LogP contribution < -0.4 is 10.6 Å². The van der Waals surface area contributed by atoms with Crippen LogP contribution >= 0.6 is 0 Å². The van der Waals surface area contributed by atoms with Gasteiger partial charge in [-0.15, -0.1) is 0 Å². The van der Waals surface area contributed by atoms with Gasteiger partial charge in [-0.2, -0.15) is 20.4 Å². The molecule has 0 aromatic heterocycles. The second-order valence-corrected chi connectivity index (χ2v) is 8.84. The predicted octanol–water partition coefficient (Wildman–Crippen LogP) is 0.133. The molecule has 0 rings (SSSR count). The Bertz CT molecular complexity index is 510. The molecule has 0 spiro atoms. The van der Waals surface area contributed by atoms with E-state index < -0.39 is 0 Å². The van der Waals surface area contributed by atoms with Crippen molar-refractivity contribution in [2.75, 3.05) is 68.5 Å². The fourth-order valence-corrected chi connectivity index (χ4v) is 1.74. The Morgan fingerprint density at radius 1 is 0.667 bits per heavy atom. The molecule has 0 heterocycles. The zero-order valence-corrected chi connectivity index (χ0v) is 20.3. The molecule has 2 N–H and O–H groups in total. The van der Waals surface area contributed by atoms with Crippen molar-refractivity contribution in [1.82, 2.24) is 10.6 Å². The number of amidine groups is 2. The van der Waals surface area contributed by atoms with Gasteiger partial charge < -0.3 is 44.9 Å². The molecule has 0 atom stereocenters. The van der Waals surface area contributed by atoms with Crippen molar-refractivity contribution in [2.24, 2.45) is 20.4 Å². The molecule has 0 amide bonds. The first-order valence-corrected chi connectivity index (χ1v) is 9.29. The molecule has 0 fully saturated rings. The number of rotatable bonds is 9. The molecule has 0 aliphatic carbocycles. The Kier molecular flexibility index (Phi) is 14.0. The predicted molar refractivity (Wildman–Crippen MR) is 118 cm³/mol. The van der Waals surface area contributed by atoms with Crippen molar-refractivity contribution >= 4 is 47.0 Å². The van der Waals surface area contributed by atoms with Crippen LogP contribution in [-0.4, -0.2) is 99.2 Å². The summed E-state index contributed by atoms with van der Waals surface area (Å²) in [7, 11) is 12.7. The molecule has 0 aliphatic heterocycles. The Balaban J connectivity index is 0. The zero-order valence-electron chi connectivity index (χ0n) is 17.6. The van der Waals surface area contributed by atoms with Gasteiger partial charge in [-0.05, 0) is 24.2 Å². The summed E-state index contributed by atoms with van der Waals surface area (Å²) in [6.45, 7) is 6.98. The van der Waals surface area contributed by atoms with Crippen LogP contribution in [0.2, 0.25) is 0 Å².